The molecule has 11 heteroatoms. The van der Waals surface area contributed by atoms with E-state index in [1.54, 1.807) is 57.2 Å². The number of pyridine rings is 1. The molecule has 1 aromatic heterocycles. The van der Waals surface area contributed by atoms with Crippen LogP contribution in [0.1, 0.15) is 90.8 Å². The summed E-state index contributed by atoms with van der Waals surface area (Å²) in [7, 11) is 0. The van der Waals surface area contributed by atoms with Crippen LogP contribution < -0.4 is 10.2 Å². The van der Waals surface area contributed by atoms with Gasteiger partial charge in [-0.2, -0.15) is 13.2 Å². The summed E-state index contributed by atoms with van der Waals surface area (Å²) in [6.07, 6.45) is 1.64. The van der Waals surface area contributed by atoms with E-state index in [4.69, 9.17) is 4.74 Å². The van der Waals surface area contributed by atoms with Crippen LogP contribution in [-0.4, -0.2) is 58.2 Å². The first-order valence-corrected chi connectivity index (χ1v) is 15.2. The number of benzene rings is 1. The highest BCUT2D eigenvalue weighted by Crippen LogP contribution is 2.42. The maximum Gasteiger partial charge on any atom is 0.411 e. The zero-order valence-corrected chi connectivity index (χ0v) is 26.3. The lowest BCUT2D eigenvalue weighted by molar-refractivity contribution is -0.224. The Labute approximate surface area is 257 Å². The molecule has 1 saturated carbocycles. The number of amides is 3. The third-order valence-corrected chi connectivity index (χ3v) is 8.12. The van der Waals surface area contributed by atoms with Gasteiger partial charge >= 0.3 is 12.3 Å². The van der Waals surface area contributed by atoms with Crippen molar-refractivity contribution in [2.45, 2.75) is 109 Å². The van der Waals surface area contributed by atoms with Crippen LogP contribution in [0.25, 0.3) is 0 Å². The van der Waals surface area contributed by atoms with Crippen LogP contribution >= 0.6 is 0 Å². The molecular formula is C33H43F3N4O4. The molecule has 1 aromatic carbocycles. The third-order valence-electron chi connectivity index (χ3n) is 8.12. The second kappa shape index (κ2) is 12.8. The second-order valence-corrected chi connectivity index (χ2v) is 13.8. The predicted molar refractivity (Wildman–Crippen MR) is 161 cm³/mol. The van der Waals surface area contributed by atoms with Crippen molar-refractivity contribution in [2.75, 3.05) is 11.4 Å². The molecular weight excluding hydrogens is 573 g/mol. The molecule has 1 aliphatic carbocycles. The van der Waals surface area contributed by atoms with Gasteiger partial charge in [-0.05, 0) is 62.8 Å². The van der Waals surface area contributed by atoms with Gasteiger partial charge in [0.05, 0.1) is 0 Å². The summed E-state index contributed by atoms with van der Waals surface area (Å²) >= 11 is 0. The van der Waals surface area contributed by atoms with Crippen molar-refractivity contribution in [3.05, 3.63) is 59.9 Å². The topological polar surface area (TPSA) is 91.8 Å². The minimum atomic E-state index is -4.77. The van der Waals surface area contributed by atoms with Gasteiger partial charge < -0.3 is 10.1 Å². The summed E-state index contributed by atoms with van der Waals surface area (Å²) in [6.45, 7) is 10.1. The van der Waals surface area contributed by atoms with Crippen molar-refractivity contribution in [2.24, 2.45) is 5.92 Å². The number of ether oxygens (including phenoxy) is 1. The Hall–Kier alpha value is -3.63. The number of alkyl halides is 3. The lowest BCUT2D eigenvalue weighted by Crippen LogP contribution is -2.69. The van der Waals surface area contributed by atoms with Crippen molar-refractivity contribution < 1.29 is 32.3 Å². The number of likely N-dealkylation sites (tertiary alicyclic amines) is 1. The van der Waals surface area contributed by atoms with Crippen LogP contribution in [0.15, 0.2) is 48.8 Å². The van der Waals surface area contributed by atoms with Crippen LogP contribution in [0.4, 0.5) is 23.7 Å². The molecule has 0 radical (unpaired) electrons. The average molecular weight is 617 g/mol. The number of anilines is 1. The summed E-state index contributed by atoms with van der Waals surface area (Å²) in [5.74, 6) is -3.68. The summed E-state index contributed by atoms with van der Waals surface area (Å²) in [5, 5.41) is 3.05. The third kappa shape index (κ3) is 7.71. The fourth-order valence-electron chi connectivity index (χ4n) is 5.75. The SMILES string of the molecule is CC(C)(C)OC(=O)N1C[C@@H](C(F)(F)F)[C@@H]1C(=O)N(c1ccc(C(C)(C)C)cc1)C(C(=O)NC1CCCCC1)c1cccnc1. The van der Waals surface area contributed by atoms with Gasteiger partial charge in [0.15, 0.2) is 0 Å². The van der Waals surface area contributed by atoms with Crippen LogP contribution in [-0.2, 0) is 19.7 Å². The molecule has 4 rings (SSSR count). The Bertz CT molecular complexity index is 1310. The number of halogens is 3. The van der Waals surface area contributed by atoms with Crippen molar-refractivity contribution in [1.29, 1.82) is 0 Å². The van der Waals surface area contributed by atoms with E-state index in [1.807, 2.05) is 20.8 Å². The zero-order valence-electron chi connectivity index (χ0n) is 26.3. The molecule has 240 valence electrons. The number of aromatic nitrogens is 1. The number of rotatable bonds is 6. The highest BCUT2D eigenvalue weighted by molar-refractivity contribution is 6.05. The van der Waals surface area contributed by atoms with Crippen molar-refractivity contribution in [3.8, 4) is 0 Å². The van der Waals surface area contributed by atoms with Gasteiger partial charge in [0.25, 0.3) is 5.91 Å². The van der Waals surface area contributed by atoms with E-state index in [0.29, 0.717) is 5.56 Å². The van der Waals surface area contributed by atoms with E-state index in [2.05, 4.69) is 10.3 Å². The molecule has 1 aliphatic heterocycles. The van der Waals surface area contributed by atoms with E-state index in [1.165, 1.54) is 12.4 Å². The maximum absolute atomic E-state index is 14.5. The lowest BCUT2D eigenvalue weighted by Gasteiger charge is -2.49. The molecule has 1 N–H and O–H groups in total. The van der Waals surface area contributed by atoms with Gasteiger partial charge in [-0.15, -0.1) is 0 Å². The number of carbonyl (C=O) groups excluding carboxylic acids is 3. The lowest BCUT2D eigenvalue weighted by atomic mass is 9.85. The standard InChI is InChI=1S/C33H43F3N4O4/c1-31(2,3)22-14-16-24(17-15-22)40(26(21-11-10-18-37-19-21)28(41)38-23-12-8-7-9-13-23)29(42)27-25(33(34,35)36)20-39(27)30(43)44-32(4,5)6/h10-11,14-19,23,25-27H,7-9,12-13,20H2,1-6H3,(H,38,41)/t25-,26?,27-/m1/s1. The molecule has 0 bridgehead atoms. The first-order valence-electron chi connectivity index (χ1n) is 15.2. The van der Waals surface area contributed by atoms with E-state index in [0.717, 1.165) is 47.5 Å². The molecule has 3 amide bonds. The van der Waals surface area contributed by atoms with E-state index in [-0.39, 0.29) is 17.1 Å². The second-order valence-electron chi connectivity index (χ2n) is 13.8. The Morgan fingerprint density at radius 1 is 0.977 bits per heavy atom. The number of nitrogens with one attached hydrogen (secondary N) is 1. The van der Waals surface area contributed by atoms with Crippen molar-refractivity contribution >= 4 is 23.6 Å². The molecule has 3 atom stereocenters. The highest BCUT2D eigenvalue weighted by Gasteiger charge is 2.61. The molecule has 2 aromatic rings. The average Bonchev–Trinajstić information content (AvgIpc) is 2.89. The van der Waals surface area contributed by atoms with E-state index in [9.17, 15) is 27.6 Å². The minimum Gasteiger partial charge on any atom is -0.444 e. The van der Waals surface area contributed by atoms with Gasteiger partial charge in [-0.25, -0.2) is 4.79 Å². The molecule has 44 heavy (non-hydrogen) atoms. The van der Waals surface area contributed by atoms with Crippen LogP contribution in [0.2, 0.25) is 0 Å². The predicted octanol–water partition coefficient (Wildman–Crippen LogP) is 6.70. The van der Waals surface area contributed by atoms with Gasteiger partial charge in [0.1, 0.15) is 23.6 Å². The number of carbonyl (C=O) groups is 3. The quantitative estimate of drug-likeness (QED) is 0.390. The van der Waals surface area contributed by atoms with Gasteiger partial charge in [-0.1, -0.05) is 58.2 Å². The van der Waals surface area contributed by atoms with Crippen molar-refractivity contribution in [3.63, 3.8) is 0 Å². The molecule has 8 nitrogen and oxygen atoms in total. The Morgan fingerprint density at radius 2 is 1.61 bits per heavy atom. The molecule has 2 heterocycles. The molecule has 2 fully saturated rings. The molecule has 1 unspecified atom stereocenters. The number of nitrogens with zero attached hydrogens (tertiary/aromatic N) is 3. The summed E-state index contributed by atoms with van der Waals surface area (Å²) in [5.41, 5.74) is 0.269. The monoisotopic (exact) mass is 616 g/mol. The maximum atomic E-state index is 14.5. The molecule has 1 saturated heterocycles. The number of hydrogen-bond acceptors (Lipinski definition) is 5. The largest absolute Gasteiger partial charge is 0.444 e. The molecule has 0 spiro atoms. The Morgan fingerprint density at radius 3 is 2.14 bits per heavy atom. The van der Waals surface area contributed by atoms with E-state index >= 15 is 0 Å². The van der Waals surface area contributed by atoms with Crippen LogP contribution in [0.5, 0.6) is 0 Å². The first kappa shape index (κ1) is 33.3. The molecule has 2 aliphatic rings. The first-order chi connectivity index (χ1) is 20.5. The fraction of sp³-hybridized carbons (Fsp3) is 0.576. The number of hydrogen-bond donors (Lipinski definition) is 1. The Kier molecular flexibility index (Phi) is 9.66. The summed E-state index contributed by atoms with van der Waals surface area (Å²) < 4.78 is 48.2. The normalized spacial score (nSPS) is 20.3. The van der Waals surface area contributed by atoms with E-state index < -0.39 is 54.2 Å². The summed E-state index contributed by atoms with van der Waals surface area (Å²) in [4.78, 5) is 47.8. The van der Waals surface area contributed by atoms with Gasteiger partial charge in [0.2, 0.25) is 5.91 Å². The van der Waals surface area contributed by atoms with Crippen molar-refractivity contribution in [1.82, 2.24) is 15.2 Å². The highest BCUT2D eigenvalue weighted by atomic mass is 19.4. The Balaban J connectivity index is 1.83. The summed E-state index contributed by atoms with van der Waals surface area (Å²) in [6, 6.07) is 6.70. The smallest absolute Gasteiger partial charge is 0.411 e. The fourth-order valence-corrected chi connectivity index (χ4v) is 5.75. The van der Waals surface area contributed by atoms with Crippen LogP contribution in [0.3, 0.4) is 0 Å². The van der Waals surface area contributed by atoms with Crippen LogP contribution in [0, 0.1) is 5.92 Å². The van der Waals surface area contributed by atoms with Gasteiger partial charge in [-0.3, -0.25) is 24.4 Å². The zero-order chi connectivity index (χ0) is 32.4. The minimum absolute atomic E-state index is 0.125. The van der Waals surface area contributed by atoms with Gasteiger partial charge in [0, 0.05) is 36.2 Å².